The lowest BCUT2D eigenvalue weighted by atomic mass is 10.3. The Hall–Kier alpha value is -2.12. The second kappa shape index (κ2) is 7.63. The zero-order chi connectivity index (χ0) is 16.9. The zero-order valence-corrected chi connectivity index (χ0v) is 14.4. The average molecular weight is 347 g/mol. The van der Waals surface area contributed by atoms with Crippen LogP contribution in [0.2, 0.25) is 0 Å². The molecule has 128 valence electrons. The molecule has 1 aliphatic carbocycles. The Kier molecular flexibility index (Phi) is 5.32. The van der Waals surface area contributed by atoms with Crippen molar-refractivity contribution < 1.29 is 14.0 Å². The van der Waals surface area contributed by atoms with E-state index in [9.17, 15) is 9.59 Å². The van der Waals surface area contributed by atoms with Crippen molar-refractivity contribution >= 4 is 28.8 Å². The van der Waals surface area contributed by atoms with Crippen molar-refractivity contribution in [1.82, 2.24) is 10.2 Å². The molecule has 2 aromatic rings. The summed E-state index contributed by atoms with van der Waals surface area (Å²) in [4.78, 5) is 27.3. The van der Waals surface area contributed by atoms with Crippen molar-refractivity contribution in [2.75, 3.05) is 25.0 Å². The Morgan fingerprint density at radius 1 is 1.33 bits per heavy atom. The van der Waals surface area contributed by atoms with E-state index in [0.717, 1.165) is 13.1 Å². The van der Waals surface area contributed by atoms with Gasteiger partial charge in [0.15, 0.2) is 0 Å². The molecule has 24 heavy (non-hydrogen) atoms. The molecular formula is C17H21N3O3S. The summed E-state index contributed by atoms with van der Waals surface area (Å²) in [7, 11) is 0. The molecule has 2 heterocycles. The lowest BCUT2D eigenvalue weighted by Gasteiger charge is -2.19. The second-order valence-corrected chi connectivity index (χ2v) is 6.66. The Morgan fingerprint density at radius 2 is 2.17 bits per heavy atom. The molecule has 2 N–H and O–H groups in total. The molecule has 2 amide bonds. The molecule has 6 nitrogen and oxygen atoms in total. The first-order valence-electron chi connectivity index (χ1n) is 8.12. The number of carbonyl (C=O) groups excluding carboxylic acids is 2. The Labute approximate surface area is 144 Å². The van der Waals surface area contributed by atoms with E-state index < -0.39 is 0 Å². The van der Waals surface area contributed by atoms with E-state index in [4.69, 9.17) is 4.42 Å². The van der Waals surface area contributed by atoms with Crippen LogP contribution in [-0.4, -0.2) is 42.4 Å². The van der Waals surface area contributed by atoms with Crippen molar-refractivity contribution in [2.24, 2.45) is 0 Å². The molecule has 0 unspecified atom stereocenters. The van der Waals surface area contributed by atoms with Crippen LogP contribution in [0, 0.1) is 0 Å². The van der Waals surface area contributed by atoms with Gasteiger partial charge in [0.2, 0.25) is 0 Å². The van der Waals surface area contributed by atoms with Crippen LogP contribution in [0.5, 0.6) is 0 Å². The van der Waals surface area contributed by atoms with E-state index in [1.54, 1.807) is 17.5 Å². The number of furan rings is 1. The van der Waals surface area contributed by atoms with Crippen molar-refractivity contribution in [2.45, 2.75) is 25.8 Å². The average Bonchev–Trinajstić information content (AvgIpc) is 3.09. The molecule has 0 atom stereocenters. The van der Waals surface area contributed by atoms with E-state index in [-0.39, 0.29) is 11.8 Å². The van der Waals surface area contributed by atoms with Gasteiger partial charge in [0.1, 0.15) is 11.1 Å². The quantitative estimate of drug-likeness (QED) is 0.770. The van der Waals surface area contributed by atoms with Crippen LogP contribution in [0.25, 0.3) is 0 Å². The summed E-state index contributed by atoms with van der Waals surface area (Å²) >= 11 is 1.32. The number of hydrogen-bond acceptors (Lipinski definition) is 5. The van der Waals surface area contributed by atoms with Crippen molar-refractivity contribution in [3.8, 4) is 0 Å². The molecule has 2 aromatic heterocycles. The fourth-order valence-electron chi connectivity index (χ4n) is 2.60. The van der Waals surface area contributed by atoms with Gasteiger partial charge in [-0.25, -0.2) is 0 Å². The molecule has 1 aliphatic rings. The van der Waals surface area contributed by atoms with E-state index in [2.05, 4.69) is 22.5 Å². The van der Waals surface area contributed by atoms with Gasteiger partial charge >= 0.3 is 0 Å². The molecule has 0 bridgehead atoms. The van der Waals surface area contributed by atoms with Crippen molar-refractivity contribution in [1.29, 1.82) is 0 Å². The first-order chi connectivity index (χ1) is 11.7. The Balaban J connectivity index is 1.53. The van der Waals surface area contributed by atoms with E-state index in [1.807, 2.05) is 0 Å². The van der Waals surface area contributed by atoms with Gasteiger partial charge in [0.05, 0.1) is 17.5 Å². The van der Waals surface area contributed by atoms with Crippen LogP contribution in [0.3, 0.4) is 0 Å². The standard InChI is InChI=1S/C17H21N3O3S/c1-2-20(13-3-4-13)8-7-18-17(22)15-14(6-10-24-15)19-16(21)12-5-9-23-11-12/h5-6,9-11,13H,2-4,7-8H2,1H3,(H,18,22)(H,19,21). The minimum atomic E-state index is -0.290. The van der Waals surface area contributed by atoms with Crippen LogP contribution in [-0.2, 0) is 0 Å². The second-order valence-electron chi connectivity index (χ2n) is 5.75. The number of rotatable bonds is 8. The first-order valence-corrected chi connectivity index (χ1v) is 9.00. The van der Waals surface area contributed by atoms with Crippen LogP contribution in [0.1, 0.15) is 39.8 Å². The van der Waals surface area contributed by atoms with Crippen molar-refractivity contribution in [3.05, 3.63) is 40.5 Å². The SMILES string of the molecule is CCN(CCNC(=O)c1sccc1NC(=O)c1ccoc1)C1CC1. The molecule has 7 heteroatoms. The minimum absolute atomic E-state index is 0.153. The Bertz CT molecular complexity index is 692. The number of hydrogen-bond donors (Lipinski definition) is 2. The van der Waals surface area contributed by atoms with Gasteiger partial charge in [-0.05, 0) is 36.9 Å². The van der Waals surface area contributed by atoms with Crippen LogP contribution >= 0.6 is 11.3 Å². The van der Waals surface area contributed by atoms with Gasteiger partial charge in [-0.2, -0.15) is 0 Å². The fraction of sp³-hybridized carbons (Fsp3) is 0.412. The number of amides is 2. The zero-order valence-electron chi connectivity index (χ0n) is 13.6. The number of nitrogens with zero attached hydrogens (tertiary/aromatic N) is 1. The molecule has 1 fully saturated rings. The number of thiophene rings is 1. The fourth-order valence-corrected chi connectivity index (χ4v) is 3.37. The minimum Gasteiger partial charge on any atom is -0.472 e. The monoisotopic (exact) mass is 347 g/mol. The van der Waals surface area contributed by atoms with Crippen molar-refractivity contribution in [3.63, 3.8) is 0 Å². The van der Waals surface area contributed by atoms with E-state index in [0.29, 0.717) is 28.7 Å². The predicted molar refractivity (Wildman–Crippen MR) is 93.6 cm³/mol. The molecule has 0 saturated heterocycles. The smallest absolute Gasteiger partial charge is 0.263 e. The molecular weight excluding hydrogens is 326 g/mol. The summed E-state index contributed by atoms with van der Waals surface area (Å²) in [5.41, 5.74) is 0.953. The number of nitrogens with one attached hydrogen (secondary N) is 2. The van der Waals surface area contributed by atoms with E-state index >= 15 is 0 Å². The summed E-state index contributed by atoms with van der Waals surface area (Å²) in [5, 5.41) is 7.49. The molecule has 1 saturated carbocycles. The molecule has 0 spiro atoms. The number of carbonyl (C=O) groups is 2. The lowest BCUT2D eigenvalue weighted by molar-refractivity contribution is 0.0953. The highest BCUT2D eigenvalue weighted by Crippen LogP contribution is 2.26. The highest BCUT2D eigenvalue weighted by Gasteiger charge is 2.27. The summed E-state index contributed by atoms with van der Waals surface area (Å²) in [6.45, 7) is 4.61. The maximum Gasteiger partial charge on any atom is 0.263 e. The molecule has 0 aliphatic heterocycles. The topological polar surface area (TPSA) is 74.6 Å². The van der Waals surface area contributed by atoms with Gasteiger partial charge in [-0.3, -0.25) is 14.5 Å². The maximum absolute atomic E-state index is 12.4. The largest absolute Gasteiger partial charge is 0.472 e. The lowest BCUT2D eigenvalue weighted by Crippen LogP contribution is -2.36. The number of anilines is 1. The molecule has 3 rings (SSSR count). The van der Waals surface area contributed by atoms with Gasteiger partial charge in [-0.15, -0.1) is 11.3 Å². The first kappa shape index (κ1) is 16.7. The van der Waals surface area contributed by atoms with Crippen LogP contribution < -0.4 is 10.6 Å². The third-order valence-electron chi connectivity index (χ3n) is 4.06. The number of likely N-dealkylation sites (N-methyl/N-ethyl adjacent to an activating group) is 1. The third kappa shape index (κ3) is 4.04. The van der Waals surface area contributed by atoms with Crippen LogP contribution in [0.4, 0.5) is 5.69 Å². The summed E-state index contributed by atoms with van der Waals surface area (Å²) in [6, 6.07) is 4.01. The third-order valence-corrected chi connectivity index (χ3v) is 4.97. The summed E-state index contributed by atoms with van der Waals surface area (Å²) in [6.07, 6.45) is 5.34. The highest BCUT2D eigenvalue weighted by molar-refractivity contribution is 7.12. The normalized spacial score (nSPS) is 13.9. The maximum atomic E-state index is 12.4. The highest BCUT2D eigenvalue weighted by atomic mass is 32.1. The van der Waals surface area contributed by atoms with Crippen LogP contribution in [0.15, 0.2) is 34.5 Å². The summed E-state index contributed by atoms with van der Waals surface area (Å²) < 4.78 is 4.90. The molecule has 0 radical (unpaired) electrons. The van der Waals surface area contributed by atoms with Gasteiger partial charge < -0.3 is 15.1 Å². The van der Waals surface area contributed by atoms with Gasteiger partial charge in [0.25, 0.3) is 11.8 Å². The van der Waals surface area contributed by atoms with Gasteiger partial charge in [0, 0.05) is 19.1 Å². The molecule has 0 aromatic carbocycles. The Morgan fingerprint density at radius 3 is 2.83 bits per heavy atom. The summed E-state index contributed by atoms with van der Waals surface area (Å²) in [5.74, 6) is -0.443. The van der Waals surface area contributed by atoms with Gasteiger partial charge in [-0.1, -0.05) is 6.92 Å². The van der Waals surface area contributed by atoms with E-state index in [1.165, 1.54) is 36.7 Å². The predicted octanol–water partition coefficient (Wildman–Crippen LogP) is 2.81.